The van der Waals surface area contributed by atoms with Gasteiger partial charge in [-0.15, -0.1) is 11.3 Å². The first-order valence-electron chi connectivity index (χ1n) is 7.55. The molecule has 0 aliphatic carbocycles. The van der Waals surface area contributed by atoms with Gasteiger partial charge in [-0.3, -0.25) is 4.79 Å². The van der Waals surface area contributed by atoms with Crippen LogP contribution in [-0.4, -0.2) is 31.9 Å². The van der Waals surface area contributed by atoms with E-state index in [1.54, 1.807) is 28.1 Å². The summed E-state index contributed by atoms with van der Waals surface area (Å²) in [4.78, 5) is 20.6. The number of hydrogen-bond acceptors (Lipinski definition) is 4. The smallest absolute Gasteiger partial charge is 0.274 e. The Morgan fingerprint density at radius 3 is 3.22 bits per heavy atom. The predicted molar refractivity (Wildman–Crippen MR) is 92.8 cm³/mol. The number of hydrogen-bond donors (Lipinski definition) is 0. The molecule has 0 saturated carbocycles. The molecule has 0 N–H and O–H groups in total. The van der Waals surface area contributed by atoms with Crippen LogP contribution in [0.4, 0.5) is 0 Å². The van der Waals surface area contributed by atoms with Gasteiger partial charge in [0.25, 0.3) is 5.91 Å². The Bertz CT molecular complexity index is 887. The molecule has 1 atom stereocenters. The molecule has 0 bridgehead atoms. The normalized spacial score (nSPS) is 17.5. The molecular formula is C16H15BrN4OS. The van der Waals surface area contributed by atoms with Crippen molar-refractivity contribution in [2.45, 2.75) is 25.8 Å². The Balaban J connectivity index is 1.70. The largest absolute Gasteiger partial charge is 0.330 e. The van der Waals surface area contributed by atoms with Gasteiger partial charge < -0.3 is 4.90 Å². The summed E-state index contributed by atoms with van der Waals surface area (Å²) in [5, 5.41) is 6.52. The summed E-state index contributed by atoms with van der Waals surface area (Å²) in [6.07, 6.45) is 5.35. The van der Waals surface area contributed by atoms with Crippen LogP contribution >= 0.6 is 27.3 Å². The molecule has 0 saturated heterocycles. The van der Waals surface area contributed by atoms with Gasteiger partial charge in [0.1, 0.15) is 0 Å². The maximum Gasteiger partial charge on any atom is 0.274 e. The lowest BCUT2D eigenvalue weighted by Crippen LogP contribution is -2.39. The maximum absolute atomic E-state index is 13.0. The third-order valence-corrected chi connectivity index (χ3v) is 5.65. The van der Waals surface area contributed by atoms with Gasteiger partial charge in [0.2, 0.25) is 0 Å². The van der Waals surface area contributed by atoms with Crippen LogP contribution in [0, 0.1) is 0 Å². The molecule has 7 heteroatoms. The fourth-order valence-electron chi connectivity index (χ4n) is 3.19. The summed E-state index contributed by atoms with van der Waals surface area (Å²) in [5.41, 5.74) is 2.42. The first-order valence-corrected chi connectivity index (χ1v) is 9.23. The molecule has 118 valence electrons. The van der Waals surface area contributed by atoms with Crippen LogP contribution in [0.2, 0.25) is 0 Å². The van der Waals surface area contributed by atoms with Crippen molar-refractivity contribution in [3.8, 4) is 0 Å². The van der Waals surface area contributed by atoms with Gasteiger partial charge in [-0.25, -0.2) is 9.50 Å². The summed E-state index contributed by atoms with van der Waals surface area (Å²) in [5.74, 6) is -0.0182. The van der Waals surface area contributed by atoms with Gasteiger partial charge in [0, 0.05) is 29.9 Å². The van der Waals surface area contributed by atoms with Gasteiger partial charge in [-0.05, 0) is 45.8 Å². The van der Waals surface area contributed by atoms with Crippen molar-refractivity contribution in [3.63, 3.8) is 0 Å². The second-order valence-corrected chi connectivity index (χ2v) is 7.49. The van der Waals surface area contributed by atoms with Gasteiger partial charge in [-0.2, -0.15) is 5.10 Å². The minimum Gasteiger partial charge on any atom is -0.330 e. The average Bonchev–Trinajstić information content (AvgIpc) is 3.18. The minimum atomic E-state index is -0.0182. The number of aromatic nitrogens is 3. The van der Waals surface area contributed by atoms with Gasteiger partial charge in [-0.1, -0.05) is 6.92 Å². The first-order chi connectivity index (χ1) is 11.2. The van der Waals surface area contributed by atoms with E-state index in [9.17, 15) is 4.79 Å². The highest BCUT2D eigenvalue weighted by atomic mass is 79.9. The molecule has 5 nitrogen and oxygen atoms in total. The number of amides is 1. The third kappa shape index (κ3) is 2.48. The lowest BCUT2D eigenvalue weighted by Gasteiger charge is -2.35. The zero-order chi connectivity index (χ0) is 16.0. The molecule has 1 aliphatic heterocycles. The molecule has 4 rings (SSSR count). The van der Waals surface area contributed by atoms with Gasteiger partial charge in [0.05, 0.1) is 10.5 Å². The molecule has 23 heavy (non-hydrogen) atoms. The third-order valence-electron chi connectivity index (χ3n) is 4.24. The molecular weight excluding hydrogens is 376 g/mol. The molecule has 1 unspecified atom stereocenters. The van der Waals surface area contributed by atoms with E-state index in [0.29, 0.717) is 11.3 Å². The van der Waals surface area contributed by atoms with Crippen LogP contribution in [0.5, 0.6) is 0 Å². The molecule has 4 heterocycles. The van der Waals surface area contributed by atoms with Crippen molar-refractivity contribution in [1.29, 1.82) is 0 Å². The molecule has 0 radical (unpaired) electrons. The van der Waals surface area contributed by atoms with Crippen LogP contribution in [-0.2, 0) is 6.42 Å². The van der Waals surface area contributed by atoms with E-state index >= 15 is 0 Å². The standard InChI is InChI=1S/C16H15BrN4OS/c1-2-13-11-4-6-23-14(11)3-5-20(13)16(22)12-7-15-18-8-10(17)9-21(15)19-12/h4,6-9,13H,2-3,5H2,1H3. The highest BCUT2D eigenvalue weighted by Gasteiger charge is 2.32. The molecule has 3 aromatic rings. The van der Waals surface area contributed by atoms with Crippen molar-refractivity contribution in [2.24, 2.45) is 0 Å². The Kier molecular flexibility index (Phi) is 3.69. The van der Waals surface area contributed by atoms with Crippen LogP contribution in [0.25, 0.3) is 5.65 Å². The molecule has 0 aromatic carbocycles. The SMILES string of the molecule is CCC1c2ccsc2CCN1C(=O)c1cc2ncc(Br)cn2n1. The summed E-state index contributed by atoms with van der Waals surface area (Å²) in [6.45, 7) is 2.87. The lowest BCUT2D eigenvalue weighted by molar-refractivity contribution is 0.0651. The Labute approximate surface area is 146 Å². The summed E-state index contributed by atoms with van der Waals surface area (Å²) in [6, 6.07) is 4.04. The van der Waals surface area contributed by atoms with Crippen LogP contribution in [0.15, 0.2) is 34.4 Å². The Hall–Kier alpha value is -1.73. The van der Waals surface area contributed by atoms with E-state index < -0.39 is 0 Å². The molecule has 1 aliphatic rings. The number of halogens is 1. The van der Waals surface area contributed by atoms with Crippen LogP contribution < -0.4 is 0 Å². The van der Waals surface area contributed by atoms with Crippen molar-refractivity contribution in [1.82, 2.24) is 19.5 Å². The fraction of sp³-hybridized carbons (Fsp3) is 0.312. The van der Waals surface area contributed by atoms with E-state index in [1.165, 1.54) is 10.4 Å². The summed E-state index contributed by atoms with van der Waals surface area (Å²) >= 11 is 5.16. The Morgan fingerprint density at radius 2 is 2.39 bits per heavy atom. The highest BCUT2D eigenvalue weighted by Crippen LogP contribution is 2.35. The number of nitrogens with zero attached hydrogens (tertiary/aromatic N) is 4. The van der Waals surface area contributed by atoms with E-state index in [1.807, 2.05) is 11.1 Å². The minimum absolute atomic E-state index is 0.0182. The maximum atomic E-state index is 13.0. The highest BCUT2D eigenvalue weighted by molar-refractivity contribution is 9.10. The number of carbonyl (C=O) groups is 1. The van der Waals surface area contributed by atoms with Crippen molar-refractivity contribution >= 4 is 38.8 Å². The number of rotatable bonds is 2. The van der Waals surface area contributed by atoms with Crippen molar-refractivity contribution < 1.29 is 4.79 Å². The number of thiophene rings is 1. The van der Waals surface area contributed by atoms with E-state index in [2.05, 4.69) is 44.4 Å². The number of fused-ring (bicyclic) bond motifs is 2. The van der Waals surface area contributed by atoms with Crippen LogP contribution in [0.3, 0.4) is 0 Å². The molecule has 0 fully saturated rings. The zero-order valence-electron chi connectivity index (χ0n) is 12.6. The van der Waals surface area contributed by atoms with Crippen LogP contribution in [0.1, 0.15) is 40.3 Å². The summed E-state index contributed by atoms with van der Waals surface area (Å²) in [7, 11) is 0. The fourth-order valence-corrected chi connectivity index (χ4v) is 4.41. The predicted octanol–water partition coefficient (Wildman–Crippen LogP) is 3.70. The monoisotopic (exact) mass is 390 g/mol. The average molecular weight is 391 g/mol. The van der Waals surface area contributed by atoms with Crippen molar-refractivity contribution in [2.75, 3.05) is 6.54 Å². The van der Waals surface area contributed by atoms with E-state index in [4.69, 9.17) is 0 Å². The second-order valence-electron chi connectivity index (χ2n) is 5.58. The van der Waals surface area contributed by atoms with Crippen molar-refractivity contribution in [3.05, 3.63) is 50.5 Å². The first kappa shape index (κ1) is 14.8. The lowest BCUT2D eigenvalue weighted by atomic mass is 9.97. The second kappa shape index (κ2) is 5.72. The molecule has 3 aromatic heterocycles. The van der Waals surface area contributed by atoms with E-state index in [-0.39, 0.29) is 11.9 Å². The molecule has 1 amide bonds. The molecule has 0 spiro atoms. The summed E-state index contributed by atoms with van der Waals surface area (Å²) < 4.78 is 2.47. The van der Waals surface area contributed by atoms with Gasteiger partial charge >= 0.3 is 0 Å². The zero-order valence-corrected chi connectivity index (χ0v) is 15.0. The van der Waals surface area contributed by atoms with Gasteiger partial charge in [0.15, 0.2) is 11.3 Å². The number of carbonyl (C=O) groups excluding carboxylic acids is 1. The van der Waals surface area contributed by atoms with E-state index in [0.717, 1.165) is 23.9 Å². The quantitative estimate of drug-likeness (QED) is 0.669. The Morgan fingerprint density at radius 1 is 1.52 bits per heavy atom. The topological polar surface area (TPSA) is 50.5 Å².